The highest BCUT2D eigenvalue weighted by Crippen LogP contribution is 2.17. The second-order valence-corrected chi connectivity index (χ2v) is 4.42. The molecule has 1 aromatic rings. The fourth-order valence-electron chi connectivity index (χ4n) is 1.57. The lowest BCUT2D eigenvalue weighted by Crippen LogP contribution is -2.22. The Balaban J connectivity index is 2.51. The molecule has 6 nitrogen and oxygen atoms in total. The number of benzene rings is 1. The summed E-state index contributed by atoms with van der Waals surface area (Å²) >= 11 is 0. The van der Waals surface area contributed by atoms with Crippen molar-refractivity contribution in [2.24, 2.45) is 0 Å². The summed E-state index contributed by atoms with van der Waals surface area (Å²) in [5, 5.41) is 11.2. The molecule has 2 N–H and O–H groups in total. The van der Waals surface area contributed by atoms with E-state index < -0.39 is 5.97 Å². The van der Waals surface area contributed by atoms with Gasteiger partial charge in [0.05, 0.1) is 0 Å². The Bertz CT molecular complexity index is 496. The number of carboxylic acid groups (broad SMARTS) is 1. The van der Waals surface area contributed by atoms with Crippen molar-refractivity contribution in [1.82, 2.24) is 0 Å². The van der Waals surface area contributed by atoms with Crippen LogP contribution in [0.5, 0.6) is 0 Å². The molecule has 0 aliphatic carbocycles. The van der Waals surface area contributed by atoms with E-state index in [-0.39, 0.29) is 24.7 Å². The standard InChI is InChI=1S/C14H18N2O4/c1-10(17)16(2)12-8-6-11(7-9-12)15-13(18)4-3-5-14(19)20/h6-9H,3-5H2,1-2H3,(H,15,18)(H,19,20). The van der Waals surface area contributed by atoms with Gasteiger partial charge in [-0.15, -0.1) is 0 Å². The van der Waals surface area contributed by atoms with E-state index in [2.05, 4.69) is 5.32 Å². The zero-order chi connectivity index (χ0) is 15.1. The number of nitrogens with zero attached hydrogens (tertiary/aromatic N) is 1. The lowest BCUT2D eigenvalue weighted by molar-refractivity contribution is -0.137. The molecule has 0 fully saturated rings. The third-order valence-corrected chi connectivity index (χ3v) is 2.81. The molecule has 0 spiro atoms. The van der Waals surface area contributed by atoms with Crippen molar-refractivity contribution < 1.29 is 19.5 Å². The number of nitrogens with one attached hydrogen (secondary N) is 1. The van der Waals surface area contributed by atoms with Gasteiger partial charge in [-0.2, -0.15) is 0 Å². The number of carbonyl (C=O) groups is 3. The summed E-state index contributed by atoms with van der Waals surface area (Å²) in [6, 6.07) is 6.86. The summed E-state index contributed by atoms with van der Waals surface area (Å²) in [5.74, 6) is -1.20. The number of rotatable bonds is 6. The van der Waals surface area contributed by atoms with E-state index in [1.165, 1.54) is 11.8 Å². The van der Waals surface area contributed by atoms with Gasteiger partial charge in [-0.05, 0) is 30.7 Å². The van der Waals surface area contributed by atoms with E-state index in [1.54, 1.807) is 31.3 Å². The van der Waals surface area contributed by atoms with E-state index in [1.807, 2.05) is 0 Å². The van der Waals surface area contributed by atoms with Gasteiger partial charge in [0.2, 0.25) is 11.8 Å². The number of hydrogen-bond acceptors (Lipinski definition) is 3. The van der Waals surface area contributed by atoms with Crippen LogP contribution in [0.15, 0.2) is 24.3 Å². The molecule has 6 heteroatoms. The lowest BCUT2D eigenvalue weighted by Gasteiger charge is -2.15. The SMILES string of the molecule is CC(=O)N(C)c1ccc(NC(=O)CCCC(=O)O)cc1. The molecular formula is C14H18N2O4. The van der Waals surface area contributed by atoms with E-state index in [9.17, 15) is 14.4 Å². The lowest BCUT2D eigenvalue weighted by atomic mass is 10.2. The Morgan fingerprint density at radius 2 is 1.75 bits per heavy atom. The van der Waals surface area contributed by atoms with Crippen molar-refractivity contribution in [2.45, 2.75) is 26.2 Å². The highest BCUT2D eigenvalue weighted by Gasteiger charge is 2.07. The number of carboxylic acids is 1. The predicted molar refractivity (Wildman–Crippen MR) is 75.6 cm³/mol. The van der Waals surface area contributed by atoms with Gasteiger partial charge in [0.25, 0.3) is 0 Å². The quantitative estimate of drug-likeness (QED) is 0.831. The molecular weight excluding hydrogens is 260 g/mol. The first kappa shape index (κ1) is 15.7. The van der Waals surface area contributed by atoms with Crippen LogP contribution in [0.2, 0.25) is 0 Å². The number of carbonyl (C=O) groups excluding carboxylic acids is 2. The Morgan fingerprint density at radius 3 is 2.25 bits per heavy atom. The highest BCUT2D eigenvalue weighted by molar-refractivity contribution is 5.93. The van der Waals surface area contributed by atoms with E-state index in [0.29, 0.717) is 12.1 Å². The second-order valence-electron chi connectivity index (χ2n) is 4.42. The van der Waals surface area contributed by atoms with Crippen molar-refractivity contribution >= 4 is 29.2 Å². The predicted octanol–water partition coefficient (Wildman–Crippen LogP) is 1.86. The van der Waals surface area contributed by atoms with Gasteiger partial charge < -0.3 is 15.3 Å². The van der Waals surface area contributed by atoms with Crippen LogP contribution in [0.4, 0.5) is 11.4 Å². The van der Waals surface area contributed by atoms with Gasteiger partial charge in [0.15, 0.2) is 0 Å². The Hall–Kier alpha value is -2.37. The molecule has 0 aliphatic heterocycles. The van der Waals surface area contributed by atoms with Gasteiger partial charge in [-0.1, -0.05) is 0 Å². The topological polar surface area (TPSA) is 86.7 Å². The largest absolute Gasteiger partial charge is 0.481 e. The number of amides is 2. The fraction of sp³-hybridized carbons (Fsp3) is 0.357. The smallest absolute Gasteiger partial charge is 0.303 e. The Kier molecular flexibility index (Phi) is 5.71. The first-order valence-electron chi connectivity index (χ1n) is 6.26. The summed E-state index contributed by atoms with van der Waals surface area (Å²) in [6.07, 6.45) is 0.462. The zero-order valence-corrected chi connectivity index (χ0v) is 11.5. The van der Waals surface area contributed by atoms with Crippen LogP contribution in [0.25, 0.3) is 0 Å². The van der Waals surface area contributed by atoms with Crippen molar-refractivity contribution in [1.29, 1.82) is 0 Å². The van der Waals surface area contributed by atoms with Crippen molar-refractivity contribution in [3.8, 4) is 0 Å². The average molecular weight is 278 g/mol. The summed E-state index contributed by atoms with van der Waals surface area (Å²) in [6.45, 7) is 1.47. The minimum absolute atomic E-state index is 0.0181. The molecule has 0 bridgehead atoms. The maximum atomic E-state index is 11.6. The van der Waals surface area contributed by atoms with Crippen LogP contribution in [0.3, 0.4) is 0 Å². The molecule has 0 radical (unpaired) electrons. The van der Waals surface area contributed by atoms with Gasteiger partial charge in [-0.25, -0.2) is 0 Å². The summed E-state index contributed by atoms with van der Waals surface area (Å²) in [7, 11) is 1.67. The zero-order valence-electron chi connectivity index (χ0n) is 11.5. The molecule has 108 valence electrons. The van der Waals surface area contributed by atoms with Gasteiger partial charge in [0, 0.05) is 38.2 Å². The maximum absolute atomic E-state index is 11.6. The van der Waals surface area contributed by atoms with Gasteiger partial charge >= 0.3 is 5.97 Å². The molecule has 0 aliphatic rings. The molecule has 0 heterocycles. The number of anilines is 2. The molecule has 20 heavy (non-hydrogen) atoms. The number of aliphatic carboxylic acids is 1. The van der Waals surface area contributed by atoms with Crippen LogP contribution in [-0.4, -0.2) is 29.9 Å². The average Bonchev–Trinajstić information content (AvgIpc) is 2.38. The third kappa shape index (κ3) is 5.09. The molecule has 2 amide bonds. The van der Waals surface area contributed by atoms with Gasteiger partial charge in [0.1, 0.15) is 0 Å². The van der Waals surface area contributed by atoms with Crippen LogP contribution < -0.4 is 10.2 Å². The minimum atomic E-state index is -0.908. The molecule has 0 saturated heterocycles. The monoisotopic (exact) mass is 278 g/mol. The molecule has 0 atom stereocenters. The van der Waals surface area contributed by atoms with Crippen LogP contribution in [-0.2, 0) is 14.4 Å². The van der Waals surface area contributed by atoms with Gasteiger partial charge in [-0.3, -0.25) is 14.4 Å². The molecule has 0 aromatic heterocycles. The summed E-state index contributed by atoms with van der Waals surface area (Å²) in [4.78, 5) is 34.6. The Morgan fingerprint density at radius 1 is 1.15 bits per heavy atom. The molecule has 1 rings (SSSR count). The second kappa shape index (κ2) is 7.28. The minimum Gasteiger partial charge on any atom is -0.481 e. The maximum Gasteiger partial charge on any atom is 0.303 e. The van der Waals surface area contributed by atoms with Crippen molar-refractivity contribution in [3.63, 3.8) is 0 Å². The van der Waals surface area contributed by atoms with E-state index >= 15 is 0 Å². The van der Waals surface area contributed by atoms with Crippen molar-refractivity contribution in [3.05, 3.63) is 24.3 Å². The van der Waals surface area contributed by atoms with E-state index in [4.69, 9.17) is 5.11 Å². The molecule has 0 unspecified atom stereocenters. The third-order valence-electron chi connectivity index (χ3n) is 2.81. The first-order chi connectivity index (χ1) is 9.40. The number of hydrogen-bond donors (Lipinski definition) is 2. The normalized spacial score (nSPS) is 9.90. The van der Waals surface area contributed by atoms with E-state index in [0.717, 1.165) is 5.69 Å². The van der Waals surface area contributed by atoms with Crippen molar-refractivity contribution in [2.75, 3.05) is 17.3 Å². The summed E-state index contributed by atoms with van der Waals surface area (Å²) in [5.41, 5.74) is 1.35. The summed E-state index contributed by atoms with van der Waals surface area (Å²) < 4.78 is 0. The van der Waals surface area contributed by atoms with Crippen LogP contribution in [0.1, 0.15) is 26.2 Å². The van der Waals surface area contributed by atoms with Crippen LogP contribution in [0, 0.1) is 0 Å². The van der Waals surface area contributed by atoms with Crippen LogP contribution >= 0.6 is 0 Å². The Labute approximate surface area is 117 Å². The highest BCUT2D eigenvalue weighted by atomic mass is 16.4. The fourth-order valence-corrected chi connectivity index (χ4v) is 1.57. The molecule has 0 saturated carbocycles. The first-order valence-corrected chi connectivity index (χ1v) is 6.26. The molecule has 1 aromatic carbocycles.